The van der Waals surface area contributed by atoms with Crippen LogP contribution in [0.5, 0.6) is 0 Å². The summed E-state index contributed by atoms with van der Waals surface area (Å²) in [4.78, 5) is 7.94. The molecule has 0 aliphatic heterocycles. The van der Waals surface area contributed by atoms with Crippen LogP contribution in [-0.4, -0.2) is 23.3 Å². The molecule has 0 rings (SSSR count). The molecule has 0 radical (unpaired) electrons. The molecular weight excluding hydrogens is 270 g/mol. The second-order valence-electron chi connectivity index (χ2n) is 3.70. The van der Waals surface area contributed by atoms with E-state index in [1.807, 2.05) is 0 Å². The number of rotatable bonds is 7. The highest BCUT2D eigenvalue weighted by Gasteiger charge is 2.32. The van der Waals surface area contributed by atoms with Gasteiger partial charge in [0.25, 0.3) is 0 Å². The number of alkyl halides is 3. The molecule has 0 spiro atoms. The minimum Gasteiger partial charge on any atom is -0.378 e. The fraction of sp³-hybridized carbons (Fsp3) is 0.900. The fourth-order valence-corrected chi connectivity index (χ4v) is 1.77. The summed E-state index contributed by atoms with van der Waals surface area (Å²) in [6.07, 6.45) is -0.725. The number of carbonyl (C=O) groups is 1. The lowest BCUT2D eigenvalue weighted by Gasteiger charge is -2.25. The number of halogens is 3. The van der Waals surface area contributed by atoms with Gasteiger partial charge < -0.3 is 9.53 Å². The third kappa shape index (κ3) is 7.85. The van der Waals surface area contributed by atoms with Crippen LogP contribution >= 0.6 is 15.9 Å². The van der Waals surface area contributed by atoms with Gasteiger partial charge in [-0.3, -0.25) is 0 Å². The molecule has 2 atom stereocenters. The minimum absolute atomic E-state index is 0.00917. The van der Waals surface area contributed by atoms with E-state index in [1.165, 1.54) is 6.92 Å². The van der Waals surface area contributed by atoms with Crippen molar-refractivity contribution in [2.24, 2.45) is 5.92 Å². The predicted molar refractivity (Wildman–Crippen MR) is 58.4 cm³/mol. The zero-order chi connectivity index (χ0) is 12.1. The Morgan fingerprint density at radius 3 is 2.40 bits per heavy atom. The molecule has 0 saturated heterocycles. The molecule has 0 aromatic heterocycles. The van der Waals surface area contributed by atoms with Crippen molar-refractivity contribution in [3.63, 3.8) is 0 Å². The van der Waals surface area contributed by atoms with Crippen molar-refractivity contribution in [3.8, 4) is 0 Å². The van der Waals surface area contributed by atoms with E-state index in [4.69, 9.17) is 4.74 Å². The lowest BCUT2D eigenvalue weighted by Crippen LogP contribution is -2.29. The van der Waals surface area contributed by atoms with Gasteiger partial charge in [-0.05, 0) is 35.7 Å². The van der Waals surface area contributed by atoms with Crippen LogP contribution in [-0.2, 0) is 9.53 Å². The molecule has 0 saturated carbocycles. The van der Waals surface area contributed by atoms with E-state index in [0.29, 0.717) is 6.61 Å². The van der Waals surface area contributed by atoms with E-state index in [1.54, 1.807) is 13.8 Å². The standard InChI is InChI=1S/C10H17BrF2O2/c1-4-15-9(6-10(11,12)13)7(2)5-8(3)14/h7,9H,4-6H2,1-3H3. The molecule has 0 N–H and O–H groups in total. The van der Waals surface area contributed by atoms with E-state index in [-0.39, 0.29) is 18.1 Å². The van der Waals surface area contributed by atoms with Crippen molar-refractivity contribution in [1.82, 2.24) is 0 Å². The van der Waals surface area contributed by atoms with Crippen LogP contribution in [0, 0.1) is 5.92 Å². The lowest BCUT2D eigenvalue weighted by molar-refractivity contribution is -0.119. The van der Waals surface area contributed by atoms with Gasteiger partial charge in [0.15, 0.2) is 0 Å². The molecule has 2 unspecified atom stereocenters. The van der Waals surface area contributed by atoms with Crippen molar-refractivity contribution in [1.29, 1.82) is 0 Å². The minimum atomic E-state index is -2.93. The van der Waals surface area contributed by atoms with Crippen LogP contribution in [0.3, 0.4) is 0 Å². The fourth-order valence-electron chi connectivity index (χ4n) is 1.45. The highest BCUT2D eigenvalue weighted by atomic mass is 79.9. The van der Waals surface area contributed by atoms with Crippen molar-refractivity contribution in [2.45, 2.75) is 44.5 Å². The van der Waals surface area contributed by atoms with Crippen LogP contribution in [0.2, 0.25) is 0 Å². The Bertz CT molecular complexity index is 204. The maximum Gasteiger partial charge on any atom is 0.303 e. The van der Waals surface area contributed by atoms with E-state index in [9.17, 15) is 13.6 Å². The maximum absolute atomic E-state index is 12.7. The van der Waals surface area contributed by atoms with Gasteiger partial charge in [-0.15, -0.1) is 0 Å². The maximum atomic E-state index is 12.7. The van der Waals surface area contributed by atoms with Gasteiger partial charge in [-0.25, -0.2) is 0 Å². The zero-order valence-electron chi connectivity index (χ0n) is 9.23. The van der Waals surface area contributed by atoms with Crippen molar-refractivity contribution in [3.05, 3.63) is 0 Å². The highest BCUT2D eigenvalue weighted by molar-refractivity contribution is 9.09. The first-order valence-electron chi connectivity index (χ1n) is 4.94. The summed E-state index contributed by atoms with van der Waals surface area (Å²) in [5.74, 6) is -0.198. The van der Waals surface area contributed by atoms with Gasteiger partial charge in [0.05, 0.1) is 6.10 Å². The van der Waals surface area contributed by atoms with E-state index < -0.39 is 17.4 Å². The summed E-state index contributed by atoms with van der Waals surface area (Å²) >= 11 is 2.29. The topological polar surface area (TPSA) is 26.3 Å². The van der Waals surface area contributed by atoms with Crippen LogP contribution < -0.4 is 0 Å². The van der Waals surface area contributed by atoms with Gasteiger partial charge >= 0.3 is 4.83 Å². The highest BCUT2D eigenvalue weighted by Crippen LogP contribution is 2.31. The number of ketones is 1. The summed E-state index contributed by atoms with van der Waals surface area (Å²) in [5, 5.41) is 0. The Morgan fingerprint density at radius 1 is 1.53 bits per heavy atom. The average molecular weight is 287 g/mol. The molecule has 90 valence electrons. The van der Waals surface area contributed by atoms with Gasteiger partial charge in [0.1, 0.15) is 5.78 Å². The number of hydrogen-bond donors (Lipinski definition) is 0. The first kappa shape index (κ1) is 15.0. The molecule has 5 heteroatoms. The molecule has 0 aromatic carbocycles. The quantitative estimate of drug-likeness (QED) is 0.671. The number of hydrogen-bond acceptors (Lipinski definition) is 2. The smallest absolute Gasteiger partial charge is 0.303 e. The Labute approximate surface area is 97.5 Å². The van der Waals surface area contributed by atoms with Gasteiger partial charge in [0, 0.05) is 19.4 Å². The van der Waals surface area contributed by atoms with Crippen molar-refractivity contribution in [2.75, 3.05) is 6.61 Å². The Balaban J connectivity index is 4.30. The molecule has 0 amide bonds. The predicted octanol–water partition coefficient (Wildman–Crippen LogP) is 3.38. The second kappa shape index (κ2) is 6.53. The van der Waals surface area contributed by atoms with Gasteiger partial charge in [-0.1, -0.05) is 6.92 Å². The lowest BCUT2D eigenvalue weighted by atomic mass is 9.96. The molecule has 0 bridgehead atoms. The summed E-state index contributed by atoms with van der Waals surface area (Å²) in [5.41, 5.74) is 0. The second-order valence-corrected chi connectivity index (χ2v) is 4.86. The van der Waals surface area contributed by atoms with E-state index in [2.05, 4.69) is 15.9 Å². The van der Waals surface area contributed by atoms with Crippen molar-refractivity contribution < 1.29 is 18.3 Å². The SMILES string of the molecule is CCOC(CC(F)(F)Br)C(C)CC(C)=O. The molecule has 2 nitrogen and oxygen atoms in total. The van der Waals surface area contributed by atoms with E-state index in [0.717, 1.165) is 0 Å². The molecule has 0 aliphatic carbocycles. The van der Waals surface area contributed by atoms with Gasteiger partial charge in [-0.2, -0.15) is 8.78 Å². The molecular formula is C10H17BrF2O2. The Morgan fingerprint density at radius 2 is 2.07 bits per heavy atom. The number of ether oxygens (including phenoxy) is 1. The molecule has 0 heterocycles. The molecule has 0 aromatic rings. The van der Waals surface area contributed by atoms with E-state index >= 15 is 0 Å². The zero-order valence-corrected chi connectivity index (χ0v) is 10.8. The summed E-state index contributed by atoms with van der Waals surface area (Å²) in [6, 6.07) is 0. The van der Waals surface area contributed by atoms with Crippen LogP contribution in [0.4, 0.5) is 8.78 Å². The monoisotopic (exact) mass is 286 g/mol. The third-order valence-corrected chi connectivity index (χ3v) is 2.38. The van der Waals surface area contributed by atoms with Crippen LogP contribution in [0.25, 0.3) is 0 Å². The van der Waals surface area contributed by atoms with Crippen LogP contribution in [0.15, 0.2) is 0 Å². The molecule has 15 heavy (non-hydrogen) atoms. The average Bonchev–Trinajstić information content (AvgIpc) is 1.99. The summed E-state index contributed by atoms with van der Waals surface area (Å²) in [7, 11) is 0. The van der Waals surface area contributed by atoms with Crippen molar-refractivity contribution >= 4 is 21.7 Å². The molecule has 0 aliphatic rings. The largest absolute Gasteiger partial charge is 0.378 e. The van der Waals surface area contributed by atoms with Crippen LogP contribution in [0.1, 0.15) is 33.6 Å². The number of Topliss-reactive ketones (excluding diaryl/α,β-unsaturated/α-hetero) is 1. The Kier molecular flexibility index (Phi) is 6.52. The first-order valence-corrected chi connectivity index (χ1v) is 5.73. The first-order chi connectivity index (χ1) is 6.76. The molecule has 0 fully saturated rings. The third-order valence-electron chi connectivity index (χ3n) is 2.06. The summed E-state index contributed by atoms with van der Waals surface area (Å²) < 4.78 is 30.7. The Hall–Kier alpha value is -0.0300. The van der Waals surface area contributed by atoms with Gasteiger partial charge in [0.2, 0.25) is 0 Å². The summed E-state index contributed by atoms with van der Waals surface area (Å²) in [6.45, 7) is 5.32. The number of carbonyl (C=O) groups excluding carboxylic acids is 1. The normalized spacial score (nSPS) is 16.1.